The van der Waals surface area contributed by atoms with Gasteiger partial charge in [-0.05, 0) is 19.8 Å². The fraction of sp³-hybridized carbons (Fsp3) is 0.462. The second-order valence-corrected chi connectivity index (χ2v) is 5.08. The molecule has 1 aliphatic rings. The highest BCUT2D eigenvalue weighted by molar-refractivity contribution is 5.93. The molecule has 0 radical (unpaired) electrons. The van der Waals surface area contributed by atoms with Crippen LogP contribution in [-0.2, 0) is 0 Å². The van der Waals surface area contributed by atoms with Crippen molar-refractivity contribution in [2.45, 2.75) is 38.6 Å². The molecule has 19 heavy (non-hydrogen) atoms. The van der Waals surface area contributed by atoms with Gasteiger partial charge in [-0.3, -0.25) is 9.59 Å². The van der Waals surface area contributed by atoms with Gasteiger partial charge >= 0.3 is 0 Å². The highest BCUT2D eigenvalue weighted by Crippen LogP contribution is 2.18. The zero-order chi connectivity index (χ0) is 13.4. The number of rotatable bonds is 2. The molecule has 0 atom stereocenters. The lowest BCUT2D eigenvalue weighted by Crippen LogP contribution is -2.32. The maximum Gasteiger partial charge on any atom is 0.274 e. The van der Waals surface area contributed by atoms with E-state index in [0.29, 0.717) is 16.9 Å². The Hall–Kier alpha value is -2.11. The summed E-state index contributed by atoms with van der Waals surface area (Å²) >= 11 is 0. The Morgan fingerprint density at radius 2 is 2.21 bits per heavy atom. The molecule has 0 unspecified atom stereocenters. The van der Waals surface area contributed by atoms with Crippen molar-refractivity contribution in [3.8, 4) is 0 Å². The van der Waals surface area contributed by atoms with Crippen molar-refractivity contribution in [2.24, 2.45) is 0 Å². The van der Waals surface area contributed by atoms with Crippen molar-refractivity contribution in [1.29, 1.82) is 0 Å². The monoisotopic (exact) mass is 260 g/mol. The van der Waals surface area contributed by atoms with E-state index in [1.807, 2.05) is 0 Å². The van der Waals surface area contributed by atoms with Crippen LogP contribution in [0.4, 0.5) is 0 Å². The van der Waals surface area contributed by atoms with Crippen LogP contribution in [0.25, 0.3) is 5.52 Å². The lowest BCUT2D eigenvalue weighted by Gasteiger charge is -2.09. The minimum absolute atomic E-state index is 0.201. The molecule has 2 aromatic rings. The maximum absolute atomic E-state index is 12.1. The maximum atomic E-state index is 12.1. The highest BCUT2D eigenvalue weighted by Gasteiger charge is 2.20. The lowest BCUT2D eigenvalue weighted by molar-refractivity contribution is 0.0932. The van der Waals surface area contributed by atoms with Crippen LogP contribution >= 0.6 is 0 Å². The molecule has 1 aliphatic carbocycles. The predicted molar refractivity (Wildman–Crippen MR) is 70.3 cm³/mol. The molecular weight excluding hydrogens is 244 g/mol. The summed E-state index contributed by atoms with van der Waals surface area (Å²) in [4.78, 5) is 26.5. The smallest absolute Gasteiger partial charge is 0.274 e. The Labute approximate surface area is 109 Å². The quantitative estimate of drug-likeness (QED) is 0.845. The van der Waals surface area contributed by atoms with Gasteiger partial charge in [-0.25, -0.2) is 4.52 Å². The summed E-state index contributed by atoms with van der Waals surface area (Å²) < 4.78 is 1.46. The van der Waals surface area contributed by atoms with Crippen molar-refractivity contribution >= 4 is 11.4 Å². The predicted octanol–water partition coefficient (Wildman–Crippen LogP) is 1.00. The molecule has 0 bridgehead atoms. The molecule has 0 saturated heterocycles. The van der Waals surface area contributed by atoms with Crippen LogP contribution in [0, 0.1) is 6.92 Å². The molecule has 3 rings (SSSR count). The first kappa shape index (κ1) is 12.0. The highest BCUT2D eigenvalue weighted by atomic mass is 16.2. The minimum atomic E-state index is -0.229. The topological polar surface area (TPSA) is 79.3 Å². The number of nitrogens with zero attached hydrogens (tertiary/aromatic N) is 2. The van der Waals surface area contributed by atoms with Crippen LogP contribution in [0.1, 0.15) is 41.9 Å². The average Bonchev–Trinajstić information content (AvgIpc) is 2.97. The van der Waals surface area contributed by atoms with Gasteiger partial charge in [0, 0.05) is 24.0 Å². The van der Waals surface area contributed by atoms with Crippen molar-refractivity contribution < 1.29 is 4.79 Å². The van der Waals surface area contributed by atoms with Crippen molar-refractivity contribution in [3.63, 3.8) is 0 Å². The van der Waals surface area contributed by atoms with E-state index in [4.69, 9.17) is 0 Å². The molecule has 2 heterocycles. The third-order valence-corrected chi connectivity index (χ3v) is 3.52. The van der Waals surface area contributed by atoms with Crippen LogP contribution in [0.3, 0.4) is 0 Å². The Morgan fingerprint density at radius 1 is 1.47 bits per heavy atom. The second-order valence-electron chi connectivity index (χ2n) is 5.08. The van der Waals surface area contributed by atoms with E-state index in [0.717, 1.165) is 25.7 Å². The third kappa shape index (κ3) is 2.25. The molecule has 0 spiro atoms. The summed E-state index contributed by atoms with van der Waals surface area (Å²) in [5, 5.41) is 7.12. The summed E-state index contributed by atoms with van der Waals surface area (Å²) in [6.07, 6.45) is 6.07. The zero-order valence-corrected chi connectivity index (χ0v) is 10.8. The Bertz CT molecular complexity index is 679. The molecule has 2 N–H and O–H groups in total. The summed E-state index contributed by atoms with van der Waals surface area (Å²) in [6.45, 7) is 1.78. The summed E-state index contributed by atoms with van der Waals surface area (Å²) in [7, 11) is 0. The van der Waals surface area contributed by atoms with Crippen LogP contribution in [0.15, 0.2) is 17.1 Å². The van der Waals surface area contributed by atoms with Gasteiger partial charge in [0.25, 0.3) is 11.5 Å². The molecular formula is C13H16N4O2. The van der Waals surface area contributed by atoms with Crippen molar-refractivity contribution in [2.75, 3.05) is 0 Å². The van der Waals surface area contributed by atoms with E-state index >= 15 is 0 Å². The molecule has 100 valence electrons. The van der Waals surface area contributed by atoms with E-state index in [2.05, 4.69) is 15.4 Å². The molecule has 0 aromatic carbocycles. The van der Waals surface area contributed by atoms with Crippen molar-refractivity contribution in [1.82, 2.24) is 19.9 Å². The molecule has 1 amide bonds. The van der Waals surface area contributed by atoms with Gasteiger partial charge in [0.15, 0.2) is 5.69 Å². The molecule has 1 fully saturated rings. The number of aryl methyl sites for hydroxylation is 1. The number of nitrogens with one attached hydrogen (secondary N) is 2. The third-order valence-electron chi connectivity index (χ3n) is 3.52. The summed E-state index contributed by atoms with van der Waals surface area (Å²) in [5.41, 5.74) is 1.17. The number of H-pyrrole nitrogens is 1. The fourth-order valence-electron chi connectivity index (χ4n) is 2.56. The molecule has 0 aliphatic heterocycles. The zero-order valence-electron chi connectivity index (χ0n) is 10.8. The van der Waals surface area contributed by atoms with Gasteiger partial charge in [0.1, 0.15) is 5.52 Å². The van der Waals surface area contributed by atoms with Gasteiger partial charge in [-0.1, -0.05) is 12.8 Å². The number of carbonyl (C=O) groups excluding carboxylic acids is 1. The molecule has 6 nitrogen and oxygen atoms in total. The Kier molecular flexibility index (Phi) is 2.85. The number of amides is 1. The first-order valence-electron chi connectivity index (χ1n) is 6.53. The second kappa shape index (κ2) is 4.53. The van der Waals surface area contributed by atoms with Gasteiger partial charge in [-0.2, -0.15) is 5.10 Å². The van der Waals surface area contributed by atoms with Gasteiger partial charge in [0.2, 0.25) is 0 Å². The summed E-state index contributed by atoms with van der Waals surface area (Å²) in [5.74, 6) is -0.201. The van der Waals surface area contributed by atoms with E-state index < -0.39 is 0 Å². The van der Waals surface area contributed by atoms with E-state index in [9.17, 15) is 9.59 Å². The van der Waals surface area contributed by atoms with Crippen LogP contribution in [0.5, 0.6) is 0 Å². The SMILES string of the molecule is Cc1cn2nc(C(=O)NC3CCCC3)cc2c(=O)[nH]1. The van der Waals surface area contributed by atoms with E-state index in [-0.39, 0.29) is 17.5 Å². The normalized spacial score (nSPS) is 16.1. The van der Waals surface area contributed by atoms with Crippen molar-refractivity contribution in [3.05, 3.63) is 34.0 Å². The first-order chi connectivity index (χ1) is 9.13. The number of carbonyl (C=O) groups is 1. The molecule has 2 aromatic heterocycles. The number of aromatic nitrogens is 3. The Morgan fingerprint density at radius 3 is 2.95 bits per heavy atom. The van der Waals surface area contributed by atoms with Crippen LogP contribution in [-0.4, -0.2) is 26.5 Å². The average molecular weight is 260 g/mol. The summed E-state index contributed by atoms with van der Waals surface area (Å²) in [6, 6.07) is 1.78. The number of aromatic amines is 1. The van der Waals surface area contributed by atoms with Gasteiger partial charge in [-0.15, -0.1) is 0 Å². The lowest BCUT2D eigenvalue weighted by atomic mass is 10.2. The molecule has 1 saturated carbocycles. The Balaban J connectivity index is 1.90. The first-order valence-corrected chi connectivity index (χ1v) is 6.53. The molecule has 6 heteroatoms. The largest absolute Gasteiger partial charge is 0.348 e. The number of hydrogen-bond acceptors (Lipinski definition) is 3. The number of fused-ring (bicyclic) bond motifs is 1. The fourth-order valence-corrected chi connectivity index (χ4v) is 2.56. The van der Waals surface area contributed by atoms with Gasteiger partial charge < -0.3 is 10.3 Å². The van der Waals surface area contributed by atoms with Crippen LogP contribution in [0.2, 0.25) is 0 Å². The number of hydrogen-bond donors (Lipinski definition) is 2. The minimum Gasteiger partial charge on any atom is -0.348 e. The van der Waals surface area contributed by atoms with E-state index in [1.165, 1.54) is 10.6 Å². The standard InChI is InChI=1S/C13H16N4O2/c1-8-7-17-11(13(19)14-8)6-10(16-17)12(18)15-9-4-2-3-5-9/h6-7,9H,2-5H2,1H3,(H,14,19)(H,15,18). The van der Waals surface area contributed by atoms with Gasteiger partial charge in [0.05, 0.1) is 0 Å². The van der Waals surface area contributed by atoms with E-state index in [1.54, 1.807) is 13.1 Å². The van der Waals surface area contributed by atoms with Crippen LogP contribution < -0.4 is 10.9 Å².